The van der Waals surface area contributed by atoms with Gasteiger partial charge in [-0.15, -0.1) is 0 Å². The summed E-state index contributed by atoms with van der Waals surface area (Å²) in [6.45, 7) is 9.37. The minimum Gasteiger partial charge on any atom is -0.342 e. The third-order valence-corrected chi connectivity index (χ3v) is 4.62. The van der Waals surface area contributed by atoms with Gasteiger partial charge in [0, 0.05) is 50.6 Å². The van der Waals surface area contributed by atoms with Crippen LogP contribution in [0.3, 0.4) is 0 Å². The molecule has 5 nitrogen and oxygen atoms in total. The van der Waals surface area contributed by atoms with E-state index in [2.05, 4.69) is 40.7 Å². The Morgan fingerprint density at radius 1 is 1.26 bits per heavy atom. The maximum absolute atomic E-state index is 12.5. The highest BCUT2D eigenvalue weighted by atomic mass is 16.1. The van der Waals surface area contributed by atoms with E-state index in [9.17, 15) is 4.79 Å². The third-order valence-electron chi connectivity index (χ3n) is 4.62. The second kappa shape index (κ2) is 6.81. The number of carbonyl (C=O) groups excluding carboxylic acids is 1. The van der Waals surface area contributed by atoms with Crippen molar-refractivity contribution in [2.24, 2.45) is 0 Å². The Kier molecular flexibility index (Phi) is 4.78. The molecule has 0 amide bonds. The van der Waals surface area contributed by atoms with Crippen molar-refractivity contribution in [3.8, 4) is 0 Å². The maximum atomic E-state index is 12.5. The number of rotatable bonds is 5. The number of fused-ring (bicyclic) bond motifs is 1. The van der Waals surface area contributed by atoms with E-state index in [-0.39, 0.29) is 5.78 Å². The topological polar surface area (TPSA) is 52.2 Å². The molecule has 2 heterocycles. The van der Waals surface area contributed by atoms with Crippen molar-refractivity contribution in [3.05, 3.63) is 29.6 Å². The predicted octanol–water partition coefficient (Wildman–Crippen LogP) is 2.51. The molecule has 3 rings (SSSR count). The molecule has 1 aliphatic rings. The molecule has 0 spiro atoms. The lowest BCUT2D eigenvalue weighted by Crippen LogP contribution is -2.45. The first-order valence-electron chi connectivity index (χ1n) is 8.46. The largest absolute Gasteiger partial charge is 0.342 e. The lowest BCUT2D eigenvalue weighted by molar-refractivity contribution is 0.0942. The fraction of sp³-hybridized carbons (Fsp3) is 0.556. The van der Waals surface area contributed by atoms with E-state index < -0.39 is 0 Å². The molecule has 1 saturated heterocycles. The van der Waals surface area contributed by atoms with Crippen molar-refractivity contribution in [1.82, 2.24) is 19.8 Å². The van der Waals surface area contributed by atoms with Crippen LogP contribution in [0.2, 0.25) is 0 Å². The van der Waals surface area contributed by atoms with Crippen LogP contribution in [0.15, 0.2) is 18.2 Å². The monoisotopic (exact) mass is 314 g/mol. The zero-order valence-electron chi connectivity index (χ0n) is 14.3. The number of nitrogens with one attached hydrogen (secondary N) is 1. The summed E-state index contributed by atoms with van der Waals surface area (Å²) in [6.07, 6.45) is 0.584. The molecule has 1 aliphatic heterocycles. The summed E-state index contributed by atoms with van der Waals surface area (Å²) >= 11 is 0. The number of imidazole rings is 1. The normalized spacial score (nSPS) is 17.2. The average molecular weight is 314 g/mol. The van der Waals surface area contributed by atoms with Crippen LogP contribution in [0.1, 0.15) is 42.4 Å². The molecule has 124 valence electrons. The first-order valence-corrected chi connectivity index (χ1v) is 8.46. The van der Waals surface area contributed by atoms with Gasteiger partial charge in [0.15, 0.2) is 5.78 Å². The van der Waals surface area contributed by atoms with Crippen molar-refractivity contribution < 1.29 is 4.79 Å². The number of likely N-dealkylation sites (N-methyl/N-ethyl adjacent to an activating group) is 1. The summed E-state index contributed by atoms with van der Waals surface area (Å²) in [6, 6.07) is 5.79. The van der Waals surface area contributed by atoms with Crippen molar-refractivity contribution in [2.75, 3.05) is 39.8 Å². The molecule has 0 saturated carbocycles. The van der Waals surface area contributed by atoms with Crippen LogP contribution >= 0.6 is 0 Å². The van der Waals surface area contributed by atoms with Gasteiger partial charge >= 0.3 is 0 Å². The molecule has 0 radical (unpaired) electrons. The number of hydrogen-bond donors (Lipinski definition) is 1. The fourth-order valence-electron chi connectivity index (χ4n) is 2.95. The highest BCUT2D eigenvalue weighted by molar-refractivity contribution is 5.99. The molecule has 0 bridgehead atoms. The van der Waals surface area contributed by atoms with Crippen LogP contribution in [-0.2, 0) is 0 Å². The van der Waals surface area contributed by atoms with E-state index in [0.717, 1.165) is 55.1 Å². The van der Waals surface area contributed by atoms with Crippen LogP contribution in [0, 0.1) is 0 Å². The molecule has 0 atom stereocenters. The second-order valence-electron chi connectivity index (χ2n) is 6.83. The molecular weight excluding hydrogens is 288 g/mol. The van der Waals surface area contributed by atoms with Gasteiger partial charge in [0.25, 0.3) is 0 Å². The van der Waals surface area contributed by atoms with Gasteiger partial charge in [0.05, 0.1) is 11.0 Å². The van der Waals surface area contributed by atoms with Crippen molar-refractivity contribution in [3.63, 3.8) is 0 Å². The van der Waals surface area contributed by atoms with E-state index in [0.29, 0.717) is 12.3 Å². The molecule has 1 N–H and O–H groups in total. The molecule has 0 unspecified atom stereocenters. The van der Waals surface area contributed by atoms with Crippen LogP contribution < -0.4 is 0 Å². The Bertz CT molecular complexity index is 683. The number of piperazine rings is 1. The molecular formula is C18H26N4O. The SMILES string of the molecule is CC(C)c1nc2ccc(C(=O)CCN3CCN(C)CC3)cc2[nH]1. The molecule has 23 heavy (non-hydrogen) atoms. The van der Waals surface area contributed by atoms with Crippen molar-refractivity contribution in [1.29, 1.82) is 0 Å². The van der Waals surface area contributed by atoms with Gasteiger partial charge in [-0.1, -0.05) is 13.8 Å². The highest BCUT2D eigenvalue weighted by Gasteiger charge is 2.16. The van der Waals surface area contributed by atoms with Crippen LogP contribution in [0.4, 0.5) is 0 Å². The van der Waals surface area contributed by atoms with E-state index in [4.69, 9.17) is 0 Å². The Hall–Kier alpha value is -1.72. The van der Waals surface area contributed by atoms with Gasteiger partial charge in [-0.2, -0.15) is 0 Å². The quantitative estimate of drug-likeness (QED) is 0.862. The number of hydrogen-bond acceptors (Lipinski definition) is 4. The van der Waals surface area contributed by atoms with Crippen LogP contribution in [-0.4, -0.2) is 65.3 Å². The number of ketones is 1. The number of nitrogens with zero attached hydrogens (tertiary/aromatic N) is 3. The van der Waals surface area contributed by atoms with Gasteiger partial charge < -0.3 is 14.8 Å². The molecule has 2 aromatic rings. The van der Waals surface area contributed by atoms with Gasteiger partial charge in [-0.3, -0.25) is 4.79 Å². The molecule has 1 aromatic heterocycles. The fourth-order valence-corrected chi connectivity index (χ4v) is 2.95. The summed E-state index contributed by atoms with van der Waals surface area (Å²) in [5, 5.41) is 0. The summed E-state index contributed by atoms with van der Waals surface area (Å²) in [5.74, 6) is 1.55. The van der Waals surface area contributed by atoms with Gasteiger partial charge in [0.1, 0.15) is 5.82 Å². The minimum absolute atomic E-state index is 0.214. The third kappa shape index (κ3) is 3.79. The maximum Gasteiger partial charge on any atom is 0.164 e. The Balaban J connectivity index is 1.63. The summed E-state index contributed by atoms with van der Waals surface area (Å²) in [7, 11) is 2.15. The Morgan fingerprint density at radius 2 is 2.00 bits per heavy atom. The number of H-pyrrole nitrogens is 1. The number of carbonyl (C=O) groups is 1. The minimum atomic E-state index is 0.214. The van der Waals surface area contributed by atoms with Crippen molar-refractivity contribution in [2.45, 2.75) is 26.2 Å². The van der Waals surface area contributed by atoms with Gasteiger partial charge in [-0.25, -0.2) is 4.98 Å². The summed E-state index contributed by atoms with van der Waals surface area (Å²) in [5.41, 5.74) is 2.68. The standard InChI is InChI=1S/C18H26N4O/c1-13(2)18-19-15-5-4-14(12-16(15)20-18)17(23)6-7-22-10-8-21(3)9-11-22/h4-5,12-13H,6-11H2,1-3H3,(H,19,20). The zero-order chi connectivity index (χ0) is 16.4. The number of Topliss-reactive ketones (excluding diaryl/α,β-unsaturated/α-hetero) is 1. The first-order chi connectivity index (χ1) is 11.0. The van der Waals surface area contributed by atoms with E-state index >= 15 is 0 Å². The highest BCUT2D eigenvalue weighted by Crippen LogP contribution is 2.19. The molecule has 1 fully saturated rings. The number of aromatic amines is 1. The zero-order valence-corrected chi connectivity index (χ0v) is 14.3. The average Bonchev–Trinajstić information content (AvgIpc) is 2.97. The number of benzene rings is 1. The lowest BCUT2D eigenvalue weighted by Gasteiger charge is -2.32. The predicted molar refractivity (Wildman–Crippen MR) is 93.1 cm³/mol. The van der Waals surface area contributed by atoms with Gasteiger partial charge in [-0.05, 0) is 25.2 Å². The van der Waals surface area contributed by atoms with Crippen molar-refractivity contribution >= 4 is 16.8 Å². The molecule has 0 aliphatic carbocycles. The number of aromatic nitrogens is 2. The second-order valence-corrected chi connectivity index (χ2v) is 6.83. The molecule has 1 aromatic carbocycles. The van der Waals surface area contributed by atoms with E-state index in [1.54, 1.807) is 0 Å². The Morgan fingerprint density at radius 3 is 2.70 bits per heavy atom. The van der Waals surface area contributed by atoms with E-state index in [1.165, 1.54) is 0 Å². The van der Waals surface area contributed by atoms with E-state index in [1.807, 2.05) is 18.2 Å². The Labute approximate surface area is 137 Å². The molecule has 5 heteroatoms. The van der Waals surface area contributed by atoms with Crippen LogP contribution in [0.5, 0.6) is 0 Å². The first kappa shape index (κ1) is 16.1. The van der Waals surface area contributed by atoms with Crippen LogP contribution in [0.25, 0.3) is 11.0 Å². The lowest BCUT2D eigenvalue weighted by atomic mass is 10.1. The van der Waals surface area contributed by atoms with Gasteiger partial charge in [0.2, 0.25) is 0 Å². The smallest absolute Gasteiger partial charge is 0.164 e. The summed E-state index contributed by atoms with van der Waals surface area (Å²) < 4.78 is 0. The summed E-state index contributed by atoms with van der Waals surface area (Å²) in [4.78, 5) is 25.1.